The molecule has 0 aliphatic heterocycles. The highest BCUT2D eigenvalue weighted by atomic mass is 35.5. The van der Waals surface area contributed by atoms with Crippen molar-refractivity contribution in [3.8, 4) is 5.75 Å². The average Bonchev–Trinajstić information content (AvgIpc) is 2.66. The zero-order valence-electron chi connectivity index (χ0n) is 17.3. The fourth-order valence-electron chi connectivity index (χ4n) is 3.28. The molecule has 29 heavy (non-hydrogen) atoms. The maximum absolute atomic E-state index is 13.2. The molecule has 0 aliphatic rings. The van der Waals surface area contributed by atoms with Crippen molar-refractivity contribution in [3.63, 3.8) is 0 Å². The summed E-state index contributed by atoms with van der Waals surface area (Å²) in [5.74, 6) is -0.0971. The highest BCUT2D eigenvalue weighted by molar-refractivity contribution is 7.92. The number of carbonyl (C=O) groups excluding carboxylic acids is 1. The van der Waals surface area contributed by atoms with E-state index < -0.39 is 22.0 Å². The van der Waals surface area contributed by atoms with Gasteiger partial charge in [-0.25, -0.2) is 8.42 Å². The number of para-hydroxylation sites is 1. The summed E-state index contributed by atoms with van der Waals surface area (Å²) < 4.78 is 31.8. The maximum atomic E-state index is 13.2. The van der Waals surface area contributed by atoms with Crippen LogP contribution in [-0.2, 0) is 21.2 Å². The van der Waals surface area contributed by atoms with Gasteiger partial charge in [0.2, 0.25) is 15.9 Å². The van der Waals surface area contributed by atoms with E-state index in [0.29, 0.717) is 16.5 Å². The fourth-order valence-corrected chi connectivity index (χ4v) is 4.65. The molecule has 1 N–H and O–H groups in total. The van der Waals surface area contributed by atoms with E-state index in [4.69, 9.17) is 16.3 Å². The van der Waals surface area contributed by atoms with E-state index in [1.54, 1.807) is 19.1 Å². The van der Waals surface area contributed by atoms with Gasteiger partial charge in [0.1, 0.15) is 11.8 Å². The second-order valence-corrected chi connectivity index (χ2v) is 9.05. The first-order valence-corrected chi connectivity index (χ1v) is 11.6. The fraction of sp³-hybridized carbons (Fsp3) is 0.381. The van der Waals surface area contributed by atoms with Crippen LogP contribution in [0.25, 0.3) is 0 Å². The third kappa shape index (κ3) is 5.22. The van der Waals surface area contributed by atoms with Crippen molar-refractivity contribution in [1.82, 2.24) is 0 Å². The zero-order valence-corrected chi connectivity index (χ0v) is 18.9. The van der Waals surface area contributed by atoms with Gasteiger partial charge in [0.15, 0.2) is 0 Å². The molecule has 0 radical (unpaired) electrons. The van der Waals surface area contributed by atoms with Crippen molar-refractivity contribution in [2.24, 2.45) is 0 Å². The van der Waals surface area contributed by atoms with Gasteiger partial charge >= 0.3 is 0 Å². The first-order chi connectivity index (χ1) is 13.6. The predicted molar refractivity (Wildman–Crippen MR) is 119 cm³/mol. The molecule has 2 aromatic carbocycles. The first-order valence-electron chi connectivity index (χ1n) is 9.36. The van der Waals surface area contributed by atoms with Gasteiger partial charge in [-0.3, -0.25) is 9.10 Å². The van der Waals surface area contributed by atoms with Crippen LogP contribution in [0.3, 0.4) is 0 Å². The molecule has 0 aromatic heterocycles. The Balaban J connectivity index is 2.53. The Hall–Kier alpha value is -2.25. The summed E-state index contributed by atoms with van der Waals surface area (Å²) in [6.07, 6.45) is 2.07. The molecule has 6 nitrogen and oxygen atoms in total. The summed E-state index contributed by atoms with van der Waals surface area (Å²) in [4.78, 5) is 13.2. The zero-order chi connectivity index (χ0) is 21.8. The van der Waals surface area contributed by atoms with Crippen LogP contribution in [0, 0.1) is 6.92 Å². The van der Waals surface area contributed by atoms with E-state index in [0.717, 1.165) is 28.1 Å². The van der Waals surface area contributed by atoms with Crippen molar-refractivity contribution in [3.05, 3.63) is 52.5 Å². The minimum absolute atomic E-state index is 0.227. The number of hydrogen-bond donors (Lipinski definition) is 1. The summed E-state index contributed by atoms with van der Waals surface area (Å²) >= 11 is 6.11. The van der Waals surface area contributed by atoms with E-state index in [1.165, 1.54) is 13.2 Å². The Morgan fingerprint density at radius 3 is 2.48 bits per heavy atom. The molecular weight excluding hydrogens is 412 g/mol. The molecule has 8 heteroatoms. The molecule has 0 spiro atoms. The van der Waals surface area contributed by atoms with Crippen molar-refractivity contribution in [1.29, 1.82) is 0 Å². The normalized spacial score (nSPS) is 12.3. The number of ether oxygens (including phenoxy) is 1. The summed E-state index contributed by atoms with van der Waals surface area (Å²) in [7, 11) is -2.37. The van der Waals surface area contributed by atoms with Gasteiger partial charge in [-0.15, -0.1) is 0 Å². The Morgan fingerprint density at radius 2 is 1.93 bits per heavy atom. The number of methoxy groups -OCH3 is 1. The molecule has 158 valence electrons. The lowest BCUT2D eigenvalue weighted by Crippen LogP contribution is -2.47. The maximum Gasteiger partial charge on any atom is 0.248 e. The van der Waals surface area contributed by atoms with Crippen LogP contribution in [0.15, 0.2) is 36.4 Å². The number of rotatable bonds is 8. The number of amides is 1. The lowest BCUT2D eigenvalue weighted by Gasteiger charge is -2.31. The smallest absolute Gasteiger partial charge is 0.248 e. The molecule has 1 amide bonds. The molecule has 0 fully saturated rings. The number of benzene rings is 2. The minimum atomic E-state index is -3.81. The monoisotopic (exact) mass is 438 g/mol. The highest BCUT2D eigenvalue weighted by Crippen LogP contribution is 2.35. The Labute approximate surface area is 177 Å². The third-order valence-corrected chi connectivity index (χ3v) is 6.10. The molecule has 0 saturated heterocycles. The lowest BCUT2D eigenvalue weighted by molar-refractivity contribution is -0.117. The van der Waals surface area contributed by atoms with Crippen LogP contribution in [-0.4, -0.2) is 33.7 Å². The molecule has 1 atom stereocenters. The van der Waals surface area contributed by atoms with Gasteiger partial charge in [-0.05, 0) is 49.1 Å². The number of nitrogens with one attached hydrogen (secondary N) is 1. The van der Waals surface area contributed by atoms with Gasteiger partial charge in [0, 0.05) is 10.7 Å². The van der Waals surface area contributed by atoms with E-state index in [9.17, 15) is 13.2 Å². The number of nitrogens with zero attached hydrogens (tertiary/aromatic N) is 1. The Bertz CT molecular complexity index is 992. The average molecular weight is 439 g/mol. The molecule has 0 bridgehead atoms. The number of aryl methyl sites for hydroxylation is 2. The van der Waals surface area contributed by atoms with E-state index in [1.807, 2.05) is 32.0 Å². The number of carbonyl (C=O) groups is 1. The number of anilines is 2. The van der Waals surface area contributed by atoms with Crippen molar-refractivity contribution < 1.29 is 17.9 Å². The molecular formula is C21H27ClN2O4S. The Kier molecular flexibility index (Phi) is 7.54. The van der Waals surface area contributed by atoms with Gasteiger partial charge < -0.3 is 10.1 Å². The van der Waals surface area contributed by atoms with E-state index >= 15 is 0 Å². The van der Waals surface area contributed by atoms with Gasteiger partial charge in [0.05, 0.1) is 19.1 Å². The van der Waals surface area contributed by atoms with Gasteiger partial charge in [0.25, 0.3) is 0 Å². The summed E-state index contributed by atoms with van der Waals surface area (Å²) in [5.41, 5.74) is 2.84. The molecule has 2 rings (SSSR count). The van der Waals surface area contributed by atoms with Crippen LogP contribution in [0.5, 0.6) is 5.75 Å². The summed E-state index contributed by atoms with van der Waals surface area (Å²) in [5, 5.41) is 3.28. The van der Waals surface area contributed by atoms with Crippen molar-refractivity contribution in [2.75, 3.05) is 23.0 Å². The molecule has 0 aliphatic carbocycles. The molecule has 2 aromatic rings. The standard InChI is InChI=1S/C21H27ClN2O4S/c1-6-15-10-8-9-14(3)20(15)23-21(25)17(7-2)24(29(5,26)27)18-13-16(22)11-12-19(18)28-4/h8-13,17H,6-7H2,1-5H3,(H,23,25)/t17-/m1/s1. The Morgan fingerprint density at radius 1 is 1.24 bits per heavy atom. The SMILES string of the molecule is CCc1cccc(C)c1NC(=O)[C@@H](CC)N(c1cc(Cl)ccc1OC)S(C)(=O)=O. The summed E-state index contributed by atoms with van der Waals surface area (Å²) in [6.45, 7) is 5.67. The second kappa shape index (κ2) is 9.50. The highest BCUT2D eigenvalue weighted by Gasteiger charge is 2.34. The summed E-state index contributed by atoms with van der Waals surface area (Å²) in [6, 6.07) is 9.48. The van der Waals surface area contributed by atoms with E-state index in [-0.39, 0.29) is 12.1 Å². The van der Waals surface area contributed by atoms with Crippen LogP contribution < -0.4 is 14.4 Å². The van der Waals surface area contributed by atoms with Crippen molar-refractivity contribution >= 4 is 38.9 Å². The number of sulfonamides is 1. The predicted octanol–water partition coefficient (Wildman–Crippen LogP) is 4.40. The van der Waals surface area contributed by atoms with Gasteiger partial charge in [-0.1, -0.05) is 43.6 Å². The largest absolute Gasteiger partial charge is 0.495 e. The first kappa shape index (κ1) is 23.0. The van der Waals surface area contributed by atoms with E-state index in [2.05, 4.69) is 5.32 Å². The molecule has 0 heterocycles. The lowest BCUT2D eigenvalue weighted by atomic mass is 10.0. The second-order valence-electron chi connectivity index (χ2n) is 6.75. The number of halogens is 1. The minimum Gasteiger partial charge on any atom is -0.495 e. The van der Waals surface area contributed by atoms with Crippen LogP contribution in [0.1, 0.15) is 31.4 Å². The molecule has 0 unspecified atom stereocenters. The topological polar surface area (TPSA) is 75.7 Å². The number of hydrogen-bond acceptors (Lipinski definition) is 4. The quantitative estimate of drug-likeness (QED) is 0.662. The van der Waals surface area contributed by atoms with Crippen LogP contribution in [0.2, 0.25) is 5.02 Å². The third-order valence-electron chi connectivity index (χ3n) is 4.70. The van der Waals surface area contributed by atoms with Crippen LogP contribution in [0.4, 0.5) is 11.4 Å². The van der Waals surface area contributed by atoms with Crippen LogP contribution >= 0.6 is 11.6 Å². The van der Waals surface area contributed by atoms with Gasteiger partial charge in [-0.2, -0.15) is 0 Å². The van der Waals surface area contributed by atoms with Crippen molar-refractivity contribution in [2.45, 2.75) is 39.7 Å². The molecule has 0 saturated carbocycles.